The van der Waals surface area contributed by atoms with Crippen LogP contribution in [0.4, 0.5) is 11.4 Å². The van der Waals surface area contributed by atoms with Crippen molar-refractivity contribution in [3.63, 3.8) is 0 Å². The normalized spacial score (nSPS) is 10.7. The fourth-order valence-electron chi connectivity index (χ4n) is 2.43. The molecular weight excluding hydrogens is 294 g/mol. The number of hydrogen-bond acceptors (Lipinski definition) is 4. The number of nitrogens with one attached hydrogen (secondary N) is 3. The Morgan fingerprint density at radius 3 is 2.65 bits per heavy atom. The van der Waals surface area contributed by atoms with E-state index in [4.69, 9.17) is 0 Å². The van der Waals surface area contributed by atoms with Crippen LogP contribution < -0.4 is 15.8 Å². The molecule has 2 aromatic heterocycles. The van der Waals surface area contributed by atoms with Crippen LogP contribution in [-0.2, 0) is 4.79 Å². The number of carbonyl (C=O) groups is 1. The van der Waals surface area contributed by atoms with Crippen molar-refractivity contribution in [1.82, 2.24) is 15.0 Å². The van der Waals surface area contributed by atoms with Gasteiger partial charge in [-0.25, -0.2) is 4.98 Å². The Morgan fingerprint density at radius 1 is 1.17 bits per heavy atom. The van der Waals surface area contributed by atoms with Crippen molar-refractivity contribution in [2.24, 2.45) is 0 Å². The highest BCUT2D eigenvalue weighted by Crippen LogP contribution is 2.31. The zero-order valence-electron chi connectivity index (χ0n) is 13.1. The smallest absolute Gasteiger partial charge is 0.249 e. The maximum absolute atomic E-state index is 11.4. The second kappa shape index (κ2) is 5.60. The third kappa shape index (κ3) is 2.94. The molecule has 7 nitrogen and oxygen atoms in total. The van der Waals surface area contributed by atoms with Gasteiger partial charge in [0.25, 0.3) is 0 Å². The lowest BCUT2D eigenvalue weighted by atomic mass is 10.1. The predicted octanol–water partition coefficient (Wildman–Crippen LogP) is 1.94. The van der Waals surface area contributed by atoms with Gasteiger partial charge in [-0.3, -0.25) is 9.59 Å². The molecule has 1 amide bonds. The van der Waals surface area contributed by atoms with Crippen LogP contribution in [0.1, 0.15) is 6.92 Å². The Labute approximate surface area is 132 Å². The molecule has 3 rings (SSSR count). The van der Waals surface area contributed by atoms with Gasteiger partial charge in [-0.2, -0.15) is 0 Å². The summed E-state index contributed by atoms with van der Waals surface area (Å²) in [6, 6.07) is 8.74. The number of pyridine rings is 1. The van der Waals surface area contributed by atoms with Crippen molar-refractivity contribution in [3.8, 4) is 11.4 Å². The monoisotopic (exact) mass is 311 g/mol. The summed E-state index contributed by atoms with van der Waals surface area (Å²) in [4.78, 5) is 34.9. The maximum atomic E-state index is 11.4. The fourth-order valence-corrected chi connectivity index (χ4v) is 2.43. The molecule has 3 aromatic rings. The number of fused-ring (bicyclic) bond motifs is 1. The van der Waals surface area contributed by atoms with Gasteiger partial charge in [-0.15, -0.1) is 0 Å². The van der Waals surface area contributed by atoms with Crippen LogP contribution in [0.25, 0.3) is 22.6 Å². The van der Waals surface area contributed by atoms with Crippen molar-refractivity contribution >= 4 is 28.4 Å². The van der Waals surface area contributed by atoms with Crippen LogP contribution >= 0.6 is 0 Å². The Bertz CT molecular complexity index is 939. The molecule has 0 saturated carbocycles. The number of H-pyrrole nitrogens is 2. The van der Waals surface area contributed by atoms with E-state index in [0.29, 0.717) is 11.5 Å². The van der Waals surface area contributed by atoms with Crippen molar-refractivity contribution in [2.45, 2.75) is 6.92 Å². The lowest BCUT2D eigenvalue weighted by molar-refractivity contribution is -0.114. The number of hydrogen-bond donors (Lipinski definition) is 3. The van der Waals surface area contributed by atoms with E-state index in [1.54, 1.807) is 6.07 Å². The number of aromatic nitrogens is 3. The molecule has 2 heterocycles. The van der Waals surface area contributed by atoms with Crippen LogP contribution in [-0.4, -0.2) is 35.0 Å². The van der Waals surface area contributed by atoms with E-state index < -0.39 is 0 Å². The zero-order valence-corrected chi connectivity index (χ0v) is 13.1. The molecule has 0 aliphatic heterocycles. The van der Waals surface area contributed by atoms with E-state index >= 15 is 0 Å². The van der Waals surface area contributed by atoms with Crippen molar-refractivity contribution in [1.29, 1.82) is 0 Å². The van der Waals surface area contributed by atoms with Crippen LogP contribution in [0.15, 0.2) is 35.1 Å². The maximum Gasteiger partial charge on any atom is 0.249 e. The molecule has 0 spiro atoms. The minimum Gasteiger partial charge on any atom is -0.377 e. The van der Waals surface area contributed by atoms with Crippen molar-refractivity contribution < 1.29 is 4.79 Å². The molecule has 0 bridgehead atoms. The predicted molar refractivity (Wildman–Crippen MR) is 90.8 cm³/mol. The largest absolute Gasteiger partial charge is 0.377 e. The number of anilines is 2. The number of amides is 1. The van der Waals surface area contributed by atoms with Crippen LogP contribution in [0.2, 0.25) is 0 Å². The van der Waals surface area contributed by atoms with Gasteiger partial charge < -0.3 is 20.2 Å². The van der Waals surface area contributed by atoms with Gasteiger partial charge >= 0.3 is 0 Å². The first-order valence-electron chi connectivity index (χ1n) is 7.12. The number of carbonyl (C=O) groups excluding carboxylic acids is 1. The molecule has 3 N–H and O–H groups in total. The van der Waals surface area contributed by atoms with Crippen molar-refractivity contribution in [2.75, 3.05) is 24.3 Å². The highest BCUT2D eigenvalue weighted by atomic mass is 16.1. The quantitative estimate of drug-likeness (QED) is 0.689. The van der Waals surface area contributed by atoms with E-state index in [0.717, 1.165) is 22.5 Å². The number of imidazole rings is 1. The van der Waals surface area contributed by atoms with E-state index in [-0.39, 0.29) is 11.5 Å². The second-order valence-electron chi connectivity index (χ2n) is 5.48. The Hall–Kier alpha value is -3.09. The summed E-state index contributed by atoms with van der Waals surface area (Å²) < 4.78 is 0. The molecule has 0 aliphatic rings. The molecule has 0 saturated heterocycles. The number of nitrogens with zero attached hydrogens (tertiary/aromatic N) is 2. The van der Waals surface area contributed by atoms with Gasteiger partial charge in [0.2, 0.25) is 11.5 Å². The summed E-state index contributed by atoms with van der Waals surface area (Å²) in [7, 11) is 3.84. The Kier molecular flexibility index (Phi) is 3.61. The first-order valence-corrected chi connectivity index (χ1v) is 7.12. The molecule has 0 unspecified atom stereocenters. The van der Waals surface area contributed by atoms with Crippen LogP contribution in [0.5, 0.6) is 0 Å². The van der Waals surface area contributed by atoms with Gasteiger partial charge in [0, 0.05) is 44.0 Å². The Morgan fingerprint density at radius 2 is 1.96 bits per heavy atom. The summed E-state index contributed by atoms with van der Waals surface area (Å²) >= 11 is 0. The molecule has 0 radical (unpaired) electrons. The van der Waals surface area contributed by atoms with Gasteiger partial charge in [-0.1, -0.05) is 0 Å². The zero-order chi connectivity index (χ0) is 16.6. The summed E-state index contributed by atoms with van der Waals surface area (Å²) in [5.41, 5.74) is 3.58. The van der Waals surface area contributed by atoms with Gasteiger partial charge in [-0.05, 0) is 24.3 Å². The first-order chi connectivity index (χ1) is 10.9. The SMILES string of the molecule is CC(=O)Nc1ccc(-c2nc3[nH]c(=O)ccc3[nH]2)c(N(C)C)c1. The third-order valence-corrected chi connectivity index (χ3v) is 3.43. The number of benzene rings is 1. The molecule has 0 aliphatic carbocycles. The fraction of sp³-hybridized carbons (Fsp3) is 0.188. The second-order valence-corrected chi connectivity index (χ2v) is 5.48. The number of rotatable bonds is 3. The molecule has 23 heavy (non-hydrogen) atoms. The van der Waals surface area contributed by atoms with Crippen LogP contribution in [0, 0.1) is 0 Å². The standard InChI is InChI=1S/C16H17N5O2/c1-9(22)17-10-4-5-11(13(8-10)21(2)3)15-18-12-6-7-14(23)19-16(12)20-15/h4-8H,1-3H3,(H,17,22)(H2,18,19,20,23). The van der Waals surface area contributed by atoms with Crippen molar-refractivity contribution in [3.05, 3.63) is 40.7 Å². The van der Waals surface area contributed by atoms with Gasteiger partial charge in [0.1, 0.15) is 5.82 Å². The molecular formula is C16H17N5O2. The van der Waals surface area contributed by atoms with E-state index in [9.17, 15) is 9.59 Å². The van der Waals surface area contributed by atoms with E-state index in [2.05, 4.69) is 20.3 Å². The lowest BCUT2D eigenvalue weighted by Gasteiger charge is -2.17. The average Bonchev–Trinajstić information content (AvgIpc) is 2.89. The third-order valence-electron chi connectivity index (χ3n) is 3.43. The van der Waals surface area contributed by atoms with E-state index in [1.807, 2.05) is 37.2 Å². The molecule has 0 atom stereocenters. The summed E-state index contributed by atoms with van der Waals surface area (Å²) in [5.74, 6) is 0.531. The number of aromatic amines is 2. The topological polar surface area (TPSA) is 93.9 Å². The first kappa shape index (κ1) is 14.8. The molecule has 118 valence electrons. The average molecular weight is 311 g/mol. The van der Waals surface area contributed by atoms with Gasteiger partial charge in [0.05, 0.1) is 5.52 Å². The summed E-state index contributed by atoms with van der Waals surface area (Å²) in [6.45, 7) is 1.47. The van der Waals surface area contributed by atoms with E-state index in [1.165, 1.54) is 13.0 Å². The molecule has 7 heteroatoms. The molecule has 1 aromatic carbocycles. The molecule has 0 fully saturated rings. The lowest BCUT2D eigenvalue weighted by Crippen LogP contribution is -2.12. The highest BCUT2D eigenvalue weighted by Gasteiger charge is 2.13. The minimum absolute atomic E-state index is 0.122. The highest BCUT2D eigenvalue weighted by molar-refractivity contribution is 5.91. The minimum atomic E-state index is -0.190. The summed E-state index contributed by atoms with van der Waals surface area (Å²) in [6.07, 6.45) is 0. The van der Waals surface area contributed by atoms with Gasteiger partial charge in [0.15, 0.2) is 5.65 Å². The summed E-state index contributed by atoms with van der Waals surface area (Å²) in [5, 5.41) is 2.77. The Balaban J connectivity index is 2.12. The van der Waals surface area contributed by atoms with Crippen LogP contribution in [0.3, 0.4) is 0 Å².